The number of alkyl halides is 2. The first kappa shape index (κ1) is 11.9. The molecule has 0 N–H and O–H groups in total. The molecule has 17 heavy (non-hydrogen) atoms. The lowest BCUT2D eigenvalue weighted by Crippen LogP contribution is -2.15. The van der Waals surface area contributed by atoms with Gasteiger partial charge in [0.05, 0.1) is 0 Å². The highest BCUT2D eigenvalue weighted by atomic mass is 127. The lowest BCUT2D eigenvalue weighted by atomic mass is 10.1. The Morgan fingerprint density at radius 3 is 2.53 bits per heavy atom. The van der Waals surface area contributed by atoms with E-state index in [1.54, 1.807) is 0 Å². The van der Waals surface area contributed by atoms with Gasteiger partial charge >= 0.3 is 0 Å². The number of halogens is 3. The highest BCUT2D eigenvalue weighted by Crippen LogP contribution is 2.67. The van der Waals surface area contributed by atoms with E-state index >= 15 is 0 Å². The monoisotopic (exact) mass is 352 g/mol. The zero-order valence-corrected chi connectivity index (χ0v) is 12.0. The molecule has 3 atom stereocenters. The molecule has 0 aliphatic heterocycles. The van der Waals surface area contributed by atoms with Gasteiger partial charge in [0.1, 0.15) is 3.70 Å². The van der Waals surface area contributed by atoms with Crippen LogP contribution in [0.5, 0.6) is 0 Å². The quantitative estimate of drug-likeness (QED) is 0.740. The molecule has 0 aromatic carbocycles. The van der Waals surface area contributed by atoms with Crippen molar-refractivity contribution in [1.29, 1.82) is 0 Å². The summed E-state index contributed by atoms with van der Waals surface area (Å²) < 4.78 is 29.3. The van der Waals surface area contributed by atoms with E-state index in [9.17, 15) is 8.78 Å². The second kappa shape index (κ2) is 3.65. The Morgan fingerprint density at radius 1 is 1.41 bits per heavy atom. The van der Waals surface area contributed by atoms with Gasteiger partial charge in [0.25, 0.3) is 0 Å². The molecule has 2 nitrogen and oxygen atoms in total. The molecule has 0 amide bonds. The summed E-state index contributed by atoms with van der Waals surface area (Å²) >= 11 is 2.19. The molecule has 0 unspecified atom stereocenters. The molecular formula is C12H15F2IN2. The van der Waals surface area contributed by atoms with Crippen LogP contribution < -0.4 is 0 Å². The fraction of sp³-hybridized carbons (Fsp3) is 0.750. The van der Waals surface area contributed by atoms with Crippen LogP contribution in [0.15, 0.2) is 6.07 Å². The predicted molar refractivity (Wildman–Crippen MR) is 69.2 cm³/mol. The summed E-state index contributed by atoms with van der Waals surface area (Å²) in [5.74, 6) is -1.71. The Labute approximate surface area is 113 Å². The minimum atomic E-state index is -2.42. The first-order valence-electron chi connectivity index (χ1n) is 6.02. The van der Waals surface area contributed by atoms with Gasteiger partial charge in [-0.25, -0.2) is 8.78 Å². The third-order valence-electron chi connectivity index (χ3n) is 3.97. The normalized spacial score (nSPS) is 34.1. The van der Waals surface area contributed by atoms with Crippen molar-refractivity contribution in [3.8, 4) is 0 Å². The lowest BCUT2D eigenvalue weighted by molar-refractivity contribution is -0.00554. The Morgan fingerprint density at radius 2 is 2.00 bits per heavy atom. The van der Waals surface area contributed by atoms with Crippen molar-refractivity contribution in [3.63, 3.8) is 0 Å². The van der Waals surface area contributed by atoms with E-state index in [4.69, 9.17) is 0 Å². The molecule has 0 spiro atoms. The van der Waals surface area contributed by atoms with E-state index in [0.717, 1.165) is 9.39 Å². The average molecular weight is 352 g/mol. The van der Waals surface area contributed by atoms with Gasteiger partial charge in [-0.05, 0) is 54.3 Å². The van der Waals surface area contributed by atoms with Crippen LogP contribution in [0.25, 0.3) is 0 Å². The van der Waals surface area contributed by atoms with E-state index in [1.807, 2.05) is 4.68 Å². The summed E-state index contributed by atoms with van der Waals surface area (Å²) in [5.41, 5.74) is 1.16. The fourth-order valence-electron chi connectivity index (χ4n) is 3.25. The van der Waals surface area contributed by atoms with Crippen LogP contribution in [0.3, 0.4) is 0 Å². The van der Waals surface area contributed by atoms with Crippen molar-refractivity contribution in [2.75, 3.05) is 0 Å². The Bertz CT molecular complexity index is 441. The third kappa shape index (κ3) is 1.90. The molecule has 2 aliphatic carbocycles. The molecule has 94 valence electrons. The fourth-order valence-corrected chi connectivity index (χ4v) is 3.81. The molecule has 2 aliphatic rings. The van der Waals surface area contributed by atoms with Crippen molar-refractivity contribution in [2.24, 2.45) is 11.8 Å². The number of nitrogens with zero attached hydrogens (tertiary/aromatic N) is 2. The minimum Gasteiger partial charge on any atom is -0.266 e. The molecule has 2 fully saturated rings. The summed E-state index contributed by atoms with van der Waals surface area (Å²) in [5, 5.41) is 4.45. The number of rotatable bonds is 2. The summed E-state index contributed by atoms with van der Waals surface area (Å²) in [4.78, 5) is 0. The SMILES string of the molecule is CC(C)n1nc(I)cc1[C@H]1[C@@H]2CC(F)(F)C[C@@H]21. The maximum absolute atomic E-state index is 13.2. The molecule has 0 bridgehead atoms. The predicted octanol–water partition coefficient (Wildman–Crippen LogP) is 3.83. The molecule has 1 aromatic rings. The zero-order chi connectivity index (χ0) is 12.4. The molecule has 0 radical (unpaired) electrons. The summed E-state index contributed by atoms with van der Waals surface area (Å²) in [6.45, 7) is 4.17. The van der Waals surface area contributed by atoms with Gasteiger partial charge in [-0.3, -0.25) is 4.68 Å². The van der Waals surface area contributed by atoms with Gasteiger partial charge in [-0.1, -0.05) is 0 Å². The number of aromatic nitrogens is 2. The Balaban J connectivity index is 1.85. The minimum absolute atomic E-state index is 0.0716. The Kier molecular flexibility index (Phi) is 2.55. The van der Waals surface area contributed by atoms with Crippen molar-refractivity contribution >= 4 is 22.6 Å². The van der Waals surface area contributed by atoms with Gasteiger partial charge in [0, 0.05) is 30.5 Å². The van der Waals surface area contributed by atoms with Crippen LogP contribution >= 0.6 is 22.6 Å². The standard InChI is InChI=1S/C12H15F2IN2/c1-6(2)17-9(3-10(15)16-17)11-7-4-12(13,14)5-8(7)11/h3,6-8,11H,4-5H2,1-2H3/t7-,8+,11+. The molecule has 5 heteroatoms. The molecule has 1 aromatic heterocycles. The third-order valence-corrected chi connectivity index (χ3v) is 4.49. The van der Waals surface area contributed by atoms with Crippen LogP contribution in [0.4, 0.5) is 8.78 Å². The molecular weight excluding hydrogens is 337 g/mol. The van der Waals surface area contributed by atoms with Gasteiger partial charge in [-0.15, -0.1) is 0 Å². The average Bonchev–Trinajstić information content (AvgIpc) is 2.57. The second-order valence-corrected chi connectivity index (χ2v) is 6.65. The van der Waals surface area contributed by atoms with Gasteiger partial charge in [-0.2, -0.15) is 5.10 Å². The van der Waals surface area contributed by atoms with E-state index in [0.29, 0.717) is 12.0 Å². The molecule has 3 rings (SSSR count). The molecule has 2 saturated carbocycles. The van der Waals surface area contributed by atoms with E-state index in [1.165, 1.54) is 0 Å². The number of hydrogen-bond donors (Lipinski definition) is 0. The Hall–Kier alpha value is -0.200. The summed E-state index contributed by atoms with van der Waals surface area (Å²) in [6.07, 6.45) is 0.143. The van der Waals surface area contributed by atoms with Crippen LogP contribution in [0.2, 0.25) is 0 Å². The highest BCUT2D eigenvalue weighted by molar-refractivity contribution is 14.1. The van der Waals surface area contributed by atoms with Crippen molar-refractivity contribution in [3.05, 3.63) is 15.5 Å². The highest BCUT2D eigenvalue weighted by Gasteiger charge is 2.64. The zero-order valence-electron chi connectivity index (χ0n) is 9.83. The van der Waals surface area contributed by atoms with E-state index < -0.39 is 5.92 Å². The topological polar surface area (TPSA) is 17.8 Å². The second-order valence-electron chi connectivity index (χ2n) is 5.55. The van der Waals surface area contributed by atoms with Crippen molar-refractivity contribution in [2.45, 2.75) is 44.6 Å². The van der Waals surface area contributed by atoms with Crippen molar-refractivity contribution < 1.29 is 8.78 Å². The maximum atomic E-state index is 13.2. The summed E-state index contributed by atoms with van der Waals surface area (Å²) in [6, 6.07) is 2.36. The van der Waals surface area contributed by atoms with Crippen LogP contribution in [0, 0.1) is 15.5 Å². The smallest absolute Gasteiger partial charge is 0.248 e. The molecule has 0 saturated heterocycles. The first-order chi connectivity index (χ1) is 7.89. The van der Waals surface area contributed by atoms with E-state index in [2.05, 4.69) is 47.6 Å². The van der Waals surface area contributed by atoms with Crippen LogP contribution in [-0.4, -0.2) is 15.7 Å². The molecule has 1 heterocycles. The van der Waals surface area contributed by atoms with Gasteiger partial charge in [0.2, 0.25) is 5.92 Å². The maximum Gasteiger partial charge on any atom is 0.248 e. The summed E-state index contributed by atoms with van der Waals surface area (Å²) in [7, 11) is 0. The van der Waals surface area contributed by atoms with Crippen molar-refractivity contribution in [1.82, 2.24) is 9.78 Å². The number of hydrogen-bond acceptors (Lipinski definition) is 1. The van der Waals surface area contributed by atoms with Gasteiger partial charge < -0.3 is 0 Å². The van der Waals surface area contributed by atoms with Crippen LogP contribution in [0.1, 0.15) is 44.3 Å². The largest absolute Gasteiger partial charge is 0.266 e. The lowest BCUT2D eigenvalue weighted by Gasteiger charge is -2.15. The number of fused-ring (bicyclic) bond motifs is 1. The van der Waals surface area contributed by atoms with Gasteiger partial charge in [0.15, 0.2) is 0 Å². The van der Waals surface area contributed by atoms with E-state index in [-0.39, 0.29) is 24.7 Å². The first-order valence-corrected chi connectivity index (χ1v) is 7.10. The van der Waals surface area contributed by atoms with Crippen LogP contribution in [-0.2, 0) is 0 Å².